The van der Waals surface area contributed by atoms with Crippen molar-refractivity contribution in [2.24, 2.45) is 0 Å². The normalized spacial score (nSPS) is 11.2. The van der Waals surface area contributed by atoms with E-state index in [-0.39, 0.29) is 11.7 Å². The molecule has 2 rings (SSSR count). The van der Waals surface area contributed by atoms with Gasteiger partial charge in [0.25, 0.3) is 0 Å². The van der Waals surface area contributed by atoms with Gasteiger partial charge in [-0.2, -0.15) is 0 Å². The smallest absolute Gasteiger partial charge is 0.323 e. The molecule has 0 aliphatic heterocycles. The van der Waals surface area contributed by atoms with Crippen LogP contribution in [-0.2, 0) is 16.1 Å². The Morgan fingerprint density at radius 1 is 1.35 bits per heavy atom. The highest BCUT2D eigenvalue weighted by molar-refractivity contribution is 8.13. The van der Waals surface area contributed by atoms with Crippen LogP contribution in [0.25, 0.3) is 17.0 Å². The first-order valence-electron chi connectivity index (χ1n) is 6.17. The van der Waals surface area contributed by atoms with E-state index in [1.54, 1.807) is 4.57 Å². The molecule has 0 spiro atoms. The summed E-state index contributed by atoms with van der Waals surface area (Å²) in [6.45, 7) is 1.48. The van der Waals surface area contributed by atoms with Crippen molar-refractivity contribution in [3.8, 4) is 0 Å². The number of carbonyl (C=O) groups is 2. The molecule has 1 aromatic heterocycles. The third-order valence-electron chi connectivity index (χ3n) is 2.81. The molecule has 0 saturated heterocycles. The molecule has 0 radical (unpaired) electrons. The van der Waals surface area contributed by atoms with Gasteiger partial charge in [-0.25, -0.2) is 0 Å². The Kier molecular flexibility index (Phi) is 4.63. The minimum atomic E-state index is -0.867. The lowest BCUT2D eigenvalue weighted by Gasteiger charge is -1.99. The summed E-state index contributed by atoms with van der Waals surface area (Å²) in [6.07, 6.45) is 5.67. The molecule has 1 N–H and O–H groups in total. The van der Waals surface area contributed by atoms with Crippen LogP contribution < -0.4 is 0 Å². The molecule has 0 saturated carbocycles. The highest BCUT2D eigenvalue weighted by Gasteiger charge is 2.08. The van der Waals surface area contributed by atoms with E-state index in [9.17, 15) is 9.59 Å². The fourth-order valence-electron chi connectivity index (χ4n) is 2.03. The minimum absolute atomic E-state index is 0.0590. The number of aromatic nitrogens is 1. The Bertz CT molecular complexity index is 673. The fraction of sp³-hybridized carbons (Fsp3) is 0.200. The number of aliphatic carboxylic acids is 1. The fourth-order valence-corrected chi connectivity index (χ4v) is 2.45. The van der Waals surface area contributed by atoms with E-state index < -0.39 is 5.97 Å². The molecule has 0 bridgehead atoms. The second-order valence-corrected chi connectivity index (χ2v) is 5.53. The molecule has 0 aliphatic carbocycles. The highest BCUT2D eigenvalue weighted by Crippen LogP contribution is 2.22. The van der Waals surface area contributed by atoms with Gasteiger partial charge in [-0.15, -0.1) is 0 Å². The molecular formula is C15H15NO3S. The van der Waals surface area contributed by atoms with Gasteiger partial charge in [0.1, 0.15) is 6.54 Å². The molecule has 0 atom stereocenters. The standard InChI is InChI=1S/C15H15NO3S/c1-11(17)20-8-4-5-12-9-16(10-15(18)19)14-7-3-2-6-13(12)14/h2-7,9H,8,10H2,1H3,(H,18,19). The lowest BCUT2D eigenvalue weighted by Crippen LogP contribution is -2.07. The van der Waals surface area contributed by atoms with E-state index in [0.29, 0.717) is 5.75 Å². The number of benzene rings is 1. The molecule has 20 heavy (non-hydrogen) atoms. The van der Waals surface area contributed by atoms with E-state index in [1.807, 2.05) is 42.6 Å². The van der Waals surface area contributed by atoms with Crippen molar-refractivity contribution >= 4 is 39.8 Å². The van der Waals surface area contributed by atoms with Crippen molar-refractivity contribution in [2.75, 3.05) is 5.75 Å². The molecule has 4 nitrogen and oxygen atoms in total. The molecule has 0 fully saturated rings. The number of rotatable bonds is 5. The van der Waals surface area contributed by atoms with E-state index in [2.05, 4.69) is 0 Å². The van der Waals surface area contributed by atoms with Crippen LogP contribution in [-0.4, -0.2) is 26.5 Å². The maximum absolute atomic E-state index is 10.9. The third-order valence-corrected chi connectivity index (χ3v) is 3.57. The number of hydrogen-bond donors (Lipinski definition) is 1. The van der Waals surface area contributed by atoms with Crippen LogP contribution in [0.15, 0.2) is 36.5 Å². The average molecular weight is 289 g/mol. The highest BCUT2D eigenvalue weighted by atomic mass is 32.2. The van der Waals surface area contributed by atoms with Gasteiger partial charge in [-0.1, -0.05) is 42.1 Å². The molecule has 5 heteroatoms. The summed E-state index contributed by atoms with van der Waals surface area (Å²) in [5, 5.41) is 10.0. The van der Waals surface area contributed by atoms with Crippen molar-refractivity contribution in [2.45, 2.75) is 13.5 Å². The molecule has 0 unspecified atom stereocenters. The number of hydrogen-bond acceptors (Lipinski definition) is 3. The molecule has 0 amide bonds. The summed E-state index contributed by atoms with van der Waals surface area (Å²) in [5.74, 6) is -0.248. The number of nitrogens with zero attached hydrogens (tertiary/aromatic N) is 1. The van der Waals surface area contributed by atoms with Crippen LogP contribution >= 0.6 is 11.8 Å². The lowest BCUT2D eigenvalue weighted by molar-refractivity contribution is -0.137. The number of carboxylic acids is 1. The monoisotopic (exact) mass is 289 g/mol. The van der Waals surface area contributed by atoms with Crippen molar-refractivity contribution in [1.29, 1.82) is 0 Å². The predicted octanol–water partition coefficient (Wildman–Crippen LogP) is 3.02. The summed E-state index contributed by atoms with van der Waals surface area (Å²) in [5.41, 5.74) is 1.86. The molecule has 0 aliphatic rings. The van der Waals surface area contributed by atoms with Crippen LogP contribution in [0.5, 0.6) is 0 Å². The molecule has 1 aromatic carbocycles. The summed E-state index contributed by atoms with van der Waals surface area (Å²) in [7, 11) is 0. The van der Waals surface area contributed by atoms with E-state index in [0.717, 1.165) is 16.5 Å². The summed E-state index contributed by atoms with van der Waals surface area (Å²) in [6, 6.07) is 7.68. The molecule has 104 valence electrons. The van der Waals surface area contributed by atoms with Gasteiger partial charge in [0, 0.05) is 29.8 Å². The van der Waals surface area contributed by atoms with Crippen molar-refractivity contribution < 1.29 is 14.7 Å². The first kappa shape index (κ1) is 14.4. The first-order chi connectivity index (χ1) is 9.58. The number of thioether (sulfide) groups is 1. The van der Waals surface area contributed by atoms with Gasteiger partial charge in [0.2, 0.25) is 0 Å². The van der Waals surface area contributed by atoms with Gasteiger partial charge < -0.3 is 9.67 Å². The van der Waals surface area contributed by atoms with Crippen molar-refractivity contribution in [1.82, 2.24) is 4.57 Å². The van der Waals surface area contributed by atoms with Crippen molar-refractivity contribution in [3.05, 3.63) is 42.1 Å². The number of fused-ring (bicyclic) bond motifs is 1. The zero-order valence-corrected chi connectivity index (χ0v) is 11.9. The third kappa shape index (κ3) is 3.51. The Hall–Kier alpha value is -2.01. The first-order valence-corrected chi connectivity index (χ1v) is 7.16. The number of carbonyl (C=O) groups excluding carboxylic acids is 1. The van der Waals surface area contributed by atoms with Gasteiger partial charge in [0.05, 0.1) is 0 Å². The SMILES string of the molecule is CC(=O)SCC=Cc1cn(CC(=O)O)c2ccccc12. The Balaban J connectivity index is 2.28. The average Bonchev–Trinajstić information content (AvgIpc) is 2.73. The maximum atomic E-state index is 10.9. The largest absolute Gasteiger partial charge is 0.480 e. The molecule has 2 aromatic rings. The Morgan fingerprint density at radius 3 is 2.80 bits per heavy atom. The van der Waals surface area contributed by atoms with Gasteiger partial charge in [0.15, 0.2) is 5.12 Å². The van der Waals surface area contributed by atoms with E-state index >= 15 is 0 Å². The zero-order chi connectivity index (χ0) is 14.5. The Labute approximate surface area is 121 Å². The van der Waals surface area contributed by atoms with Crippen molar-refractivity contribution in [3.63, 3.8) is 0 Å². The van der Waals surface area contributed by atoms with Crippen LogP contribution in [0.4, 0.5) is 0 Å². The lowest BCUT2D eigenvalue weighted by atomic mass is 10.2. The van der Waals surface area contributed by atoms with Crippen LogP contribution in [0.2, 0.25) is 0 Å². The summed E-state index contributed by atoms with van der Waals surface area (Å²) in [4.78, 5) is 21.7. The second-order valence-electron chi connectivity index (χ2n) is 4.33. The van der Waals surface area contributed by atoms with E-state index in [4.69, 9.17) is 5.11 Å². The quantitative estimate of drug-likeness (QED) is 0.919. The Morgan fingerprint density at radius 2 is 2.10 bits per heavy atom. The van der Waals surface area contributed by atoms with Crippen LogP contribution in [0.3, 0.4) is 0 Å². The number of carboxylic acid groups (broad SMARTS) is 1. The van der Waals surface area contributed by atoms with Crippen LogP contribution in [0, 0.1) is 0 Å². The van der Waals surface area contributed by atoms with E-state index in [1.165, 1.54) is 18.7 Å². The topological polar surface area (TPSA) is 59.3 Å². The summed E-state index contributed by atoms with van der Waals surface area (Å²) >= 11 is 1.25. The predicted molar refractivity (Wildman–Crippen MR) is 81.7 cm³/mol. The summed E-state index contributed by atoms with van der Waals surface area (Å²) < 4.78 is 1.72. The number of para-hydroxylation sites is 1. The van der Waals surface area contributed by atoms with Crippen LogP contribution in [0.1, 0.15) is 12.5 Å². The van der Waals surface area contributed by atoms with Gasteiger partial charge >= 0.3 is 5.97 Å². The molecule has 1 heterocycles. The zero-order valence-electron chi connectivity index (χ0n) is 11.1. The van der Waals surface area contributed by atoms with Gasteiger partial charge in [-0.3, -0.25) is 9.59 Å². The maximum Gasteiger partial charge on any atom is 0.323 e. The minimum Gasteiger partial charge on any atom is -0.480 e. The second kappa shape index (κ2) is 6.43. The molecular weight excluding hydrogens is 274 g/mol. The van der Waals surface area contributed by atoms with Gasteiger partial charge in [-0.05, 0) is 11.6 Å².